The molecule has 0 aromatic rings. The van der Waals surface area contributed by atoms with E-state index in [-0.39, 0.29) is 5.91 Å². The van der Waals surface area contributed by atoms with E-state index in [1.54, 1.807) is 0 Å². The molecule has 0 aromatic carbocycles. The maximum atomic E-state index is 11.2. The topological polar surface area (TPSA) is 29.1 Å². The highest BCUT2D eigenvalue weighted by atomic mass is 16.1. The molecule has 1 aliphatic rings. The number of nitrogens with one attached hydrogen (secondary N) is 1. The quantitative estimate of drug-likeness (QED) is 0.697. The van der Waals surface area contributed by atoms with Crippen LogP contribution < -0.4 is 5.32 Å². The molecule has 13 heavy (non-hydrogen) atoms. The van der Waals surface area contributed by atoms with E-state index in [4.69, 9.17) is 0 Å². The van der Waals surface area contributed by atoms with Crippen molar-refractivity contribution in [3.8, 4) is 0 Å². The Morgan fingerprint density at radius 2 is 2.08 bits per heavy atom. The molecule has 1 saturated carbocycles. The Bertz CT molecular complexity index is 150. The molecule has 0 bridgehead atoms. The van der Waals surface area contributed by atoms with Crippen LogP contribution in [0.3, 0.4) is 0 Å². The standard InChI is InChI=1S/C11H21NO/c1-2-3-8-11(13)12-9-10-6-4-5-7-10/h10H,2-9H2,1H3,(H,12,13). The zero-order valence-electron chi connectivity index (χ0n) is 8.64. The van der Waals surface area contributed by atoms with E-state index in [2.05, 4.69) is 12.2 Å². The summed E-state index contributed by atoms with van der Waals surface area (Å²) in [6.45, 7) is 3.03. The molecule has 2 nitrogen and oxygen atoms in total. The van der Waals surface area contributed by atoms with E-state index >= 15 is 0 Å². The minimum absolute atomic E-state index is 0.244. The number of rotatable bonds is 5. The van der Waals surface area contributed by atoms with Crippen molar-refractivity contribution >= 4 is 5.91 Å². The maximum Gasteiger partial charge on any atom is 0.220 e. The molecule has 0 aromatic heterocycles. The first-order valence-corrected chi connectivity index (χ1v) is 5.59. The monoisotopic (exact) mass is 183 g/mol. The number of amides is 1. The van der Waals surface area contributed by atoms with Crippen molar-refractivity contribution in [3.05, 3.63) is 0 Å². The number of unbranched alkanes of at least 4 members (excludes halogenated alkanes) is 1. The Labute approximate surface area is 81.1 Å². The van der Waals surface area contributed by atoms with Crippen LogP contribution in [-0.2, 0) is 4.79 Å². The minimum Gasteiger partial charge on any atom is -0.356 e. The third kappa shape index (κ3) is 4.30. The second-order valence-electron chi connectivity index (χ2n) is 4.06. The predicted octanol–water partition coefficient (Wildman–Crippen LogP) is 2.48. The van der Waals surface area contributed by atoms with Crippen molar-refractivity contribution in [2.24, 2.45) is 5.92 Å². The highest BCUT2D eigenvalue weighted by Crippen LogP contribution is 2.23. The molecule has 0 heterocycles. The lowest BCUT2D eigenvalue weighted by Crippen LogP contribution is -2.27. The first-order valence-electron chi connectivity index (χ1n) is 5.59. The Balaban J connectivity index is 2.00. The molecule has 0 radical (unpaired) electrons. The van der Waals surface area contributed by atoms with Gasteiger partial charge in [0.2, 0.25) is 5.91 Å². The van der Waals surface area contributed by atoms with E-state index in [1.807, 2.05) is 0 Å². The molecule has 1 rings (SSSR count). The molecule has 1 N–H and O–H groups in total. The van der Waals surface area contributed by atoms with Crippen LogP contribution in [0.5, 0.6) is 0 Å². The van der Waals surface area contributed by atoms with Gasteiger partial charge in [0.1, 0.15) is 0 Å². The molecule has 2 heteroatoms. The number of carbonyl (C=O) groups excluding carboxylic acids is 1. The molecule has 0 saturated heterocycles. The van der Waals surface area contributed by atoms with Crippen LogP contribution in [0.4, 0.5) is 0 Å². The van der Waals surface area contributed by atoms with E-state index < -0.39 is 0 Å². The van der Waals surface area contributed by atoms with Gasteiger partial charge in [0.05, 0.1) is 0 Å². The van der Waals surface area contributed by atoms with Crippen LogP contribution in [0.25, 0.3) is 0 Å². The summed E-state index contributed by atoms with van der Waals surface area (Å²) in [6.07, 6.45) is 8.18. The predicted molar refractivity (Wildman–Crippen MR) is 54.5 cm³/mol. The minimum atomic E-state index is 0.244. The van der Waals surface area contributed by atoms with Gasteiger partial charge in [-0.2, -0.15) is 0 Å². The number of carbonyl (C=O) groups is 1. The van der Waals surface area contributed by atoms with Gasteiger partial charge in [0.15, 0.2) is 0 Å². The highest BCUT2D eigenvalue weighted by molar-refractivity contribution is 5.75. The zero-order chi connectivity index (χ0) is 9.52. The average molecular weight is 183 g/mol. The summed E-state index contributed by atoms with van der Waals surface area (Å²) >= 11 is 0. The summed E-state index contributed by atoms with van der Waals surface area (Å²) in [5.74, 6) is 1.01. The Morgan fingerprint density at radius 1 is 1.38 bits per heavy atom. The van der Waals surface area contributed by atoms with Gasteiger partial charge in [-0.1, -0.05) is 26.2 Å². The fraction of sp³-hybridized carbons (Fsp3) is 0.909. The summed E-state index contributed by atoms with van der Waals surface area (Å²) in [7, 11) is 0. The lowest BCUT2D eigenvalue weighted by Gasteiger charge is -2.09. The smallest absolute Gasteiger partial charge is 0.220 e. The molecule has 1 fully saturated rings. The van der Waals surface area contributed by atoms with Gasteiger partial charge in [-0.15, -0.1) is 0 Å². The molecular formula is C11H21NO. The normalized spacial score (nSPS) is 17.6. The van der Waals surface area contributed by atoms with Gasteiger partial charge in [0, 0.05) is 13.0 Å². The van der Waals surface area contributed by atoms with E-state index in [0.29, 0.717) is 6.42 Å². The molecule has 0 atom stereocenters. The summed E-state index contributed by atoms with van der Waals surface area (Å²) in [4.78, 5) is 11.2. The molecule has 1 aliphatic carbocycles. The van der Waals surface area contributed by atoms with Gasteiger partial charge >= 0.3 is 0 Å². The first kappa shape index (κ1) is 10.6. The van der Waals surface area contributed by atoms with Crippen LogP contribution in [0.15, 0.2) is 0 Å². The van der Waals surface area contributed by atoms with Crippen LogP contribution in [0.1, 0.15) is 51.9 Å². The van der Waals surface area contributed by atoms with Crippen LogP contribution in [-0.4, -0.2) is 12.5 Å². The van der Waals surface area contributed by atoms with Crippen LogP contribution in [0, 0.1) is 5.92 Å². The van der Waals surface area contributed by atoms with Gasteiger partial charge in [-0.25, -0.2) is 0 Å². The van der Waals surface area contributed by atoms with Crippen molar-refractivity contribution in [3.63, 3.8) is 0 Å². The lowest BCUT2D eigenvalue weighted by molar-refractivity contribution is -0.121. The van der Waals surface area contributed by atoms with Gasteiger partial charge in [-0.05, 0) is 25.2 Å². The summed E-state index contributed by atoms with van der Waals surface area (Å²) in [5.41, 5.74) is 0. The summed E-state index contributed by atoms with van der Waals surface area (Å²) < 4.78 is 0. The summed E-state index contributed by atoms with van der Waals surface area (Å²) in [5, 5.41) is 3.02. The fourth-order valence-corrected chi connectivity index (χ4v) is 1.90. The number of hydrogen-bond acceptors (Lipinski definition) is 1. The van der Waals surface area contributed by atoms with E-state index in [1.165, 1.54) is 25.7 Å². The first-order chi connectivity index (χ1) is 6.33. The lowest BCUT2D eigenvalue weighted by atomic mass is 10.1. The fourth-order valence-electron chi connectivity index (χ4n) is 1.90. The van der Waals surface area contributed by atoms with Crippen molar-refractivity contribution in [2.75, 3.05) is 6.54 Å². The molecular weight excluding hydrogens is 162 g/mol. The van der Waals surface area contributed by atoms with E-state index in [9.17, 15) is 4.79 Å². The molecule has 1 amide bonds. The second kappa shape index (κ2) is 6.01. The van der Waals surface area contributed by atoms with Crippen LogP contribution in [0.2, 0.25) is 0 Å². The Kier molecular flexibility index (Phi) is 4.87. The number of hydrogen-bond donors (Lipinski definition) is 1. The van der Waals surface area contributed by atoms with Gasteiger partial charge < -0.3 is 5.32 Å². The second-order valence-corrected chi connectivity index (χ2v) is 4.06. The molecule has 0 unspecified atom stereocenters. The van der Waals surface area contributed by atoms with Crippen molar-refractivity contribution in [1.82, 2.24) is 5.32 Å². The molecule has 0 aliphatic heterocycles. The van der Waals surface area contributed by atoms with Crippen LogP contribution >= 0.6 is 0 Å². The van der Waals surface area contributed by atoms with Gasteiger partial charge in [0.25, 0.3) is 0 Å². The summed E-state index contributed by atoms with van der Waals surface area (Å²) in [6, 6.07) is 0. The van der Waals surface area contributed by atoms with E-state index in [0.717, 1.165) is 25.3 Å². The maximum absolute atomic E-state index is 11.2. The van der Waals surface area contributed by atoms with Crippen molar-refractivity contribution < 1.29 is 4.79 Å². The Morgan fingerprint density at radius 3 is 2.69 bits per heavy atom. The SMILES string of the molecule is CCCCC(=O)NCC1CCCC1. The third-order valence-electron chi connectivity index (χ3n) is 2.82. The average Bonchev–Trinajstić information content (AvgIpc) is 2.64. The van der Waals surface area contributed by atoms with Crippen molar-refractivity contribution in [2.45, 2.75) is 51.9 Å². The third-order valence-corrected chi connectivity index (χ3v) is 2.82. The zero-order valence-corrected chi connectivity index (χ0v) is 8.64. The van der Waals surface area contributed by atoms with Gasteiger partial charge in [-0.3, -0.25) is 4.79 Å². The Hall–Kier alpha value is -0.530. The largest absolute Gasteiger partial charge is 0.356 e. The molecule has 0 spiro atoms. The van der Waals surface area contributed by atoms with Crippen molar-refractivity contribution in [1.29, 1.82) is 0 Å². The highest BCUT2D eigenvalue weighted by Gasteiger charge is 2.15. The molecule has 76 valence electrons.